The van der Waals surface area contributed by atoms with Gasteiger partial charge in [0.1, 0.15) is 0 Å². The molecule has 20 heavy (non-hydrogen) atoms. The summed E-state index contributed by atoms with van der Waals surface area (Å²) < 4.78 is 0.679. The van der Waals surface area contributed by atoms with E-state index in [1.165, 1.54) is 6.07 Å². The molecule has 0 heterocycles. The summed E-state index contributed by atoms with van der Waals surface area (Å²) in [4.78, 5) is 10.5. The van der Waals surface area contributed by atoms with Gasteiger partial charge < -0.3 is 5.11 Å². The van der Waals surface area contributed by atoms with E-state index in [-0.39, 0.29) is 12.1 Å². The third-order valence-electron chi connectivity index (χ3n) is 2.93. The lowest BCUT2D eigenvalue weighted by atomic mass is 10.0. The number of halogens is 2. The topological polar surface area (TPSA) is 63.4 Å². The smallest absolute Gasteiger partial charge is 0.272 e. The van der Waals surface area contributed by atoms with Gasteiger partial charge >= 0.3 is 0 Å². The largest absolute Gasteiger partial charge is 0.388 e. The van der Waals surface area contributed by atoms with E-state index < -0.39 is 11.0 Å². The van der Waals surface area contributed by atoms with Crippen LogP contribution in [0.15, 0.2) is 46.9 Å². The lowest BCUT2D eigenvalue weighted by molar-refractivity contribution is -0.385. The molecule has 104 valence electrons. The zero-order valence-electron chi connectivity index (χ0n) is 10.3. The van der Waals surface area contributed by atoms with Crippen molar-refractivity contribution in [2.45, 2.75) is 12.5 Å². The van der Waals surface area contributed by atoms with E-state index in [4.69, 9.17) is 11.6 Å². The highest BCUT2D eigenvalue weighted by Gasteiger charge is 2.17. The second-order valence-electron chi connectivity index (χ2n) is 4.28. The SMILES string of the molecule is O=[N+]([O-])c1ccccc1CC(O)c1ccc(Cl)c(Br)c1. The molecule has 0 bridgehead atoms. The summed E-state index contributed by atoms with van der Waals surface area (Å²) in [5.41, 5.74) is 1.16. The number of aliphatic hydroxyl groups excluding tert-OH is 1. The van der Waals surface area contributed by atoms with Gasteiger partial charge in [-0.15, -0.1) is 0 Å². The first kappa shape index (κ1) is 15.0. The van der Waals surface area contributed by atoms with E-state index in [9.17, 15) is 15.2 Å². The molecule has 4 nitrogen and oxygen atoms in total. The maximum Gasteiger partial charge on any atom is 0.272 e. The second kappa shape index (κ2) is 6.35. The number of nitrogens with zero attached hydrogens (tertiary/aromatic N) is 1. The van der Waals surface area contributed by atoms with Crippen molar-refractivity contribution in [3.05, 3.63) is 73.2 Å². The van der Waals surface area contributed by atoms with Gasteiger partial charge in [0.05, 0.1) is 16.0 Å². The Hall–Kier alpha value is -1.43. The minimum Gasteiger partial charge on any atom is -0.388 e. The fraction of sp³-hybridized carbons (Fsp3) is 0.143. The molecule has 0 aliphatic heterocycles. The number of para-hydroxylation sites is 1. The monoisotopic (exact) mass is 355 g/mol. The van der Waals surface area contributed by atoms with Crippen LogP contribution in [-0.2, 0) is 6.42 Å². The van der Waals surface area contributed by atoms with Crippen molar-refractivity contribution in [2.24, 2.45) is 0 Å². The zero-order chi connectivity index (χ0) is 14.7. The molecule has 0 fully saturated rings. The number of rotatable bonds is 4. The Balaban J connectivity index is 2.25. The van der Waals surface area contributed by atoms with Crippen LogP contribution >= 0.6 is 27.5 Å². The highest BCUT2D eigenvalue weighted by molar-refractivity contribution is 9.10. The van der Waals surface area contributed by atoms with Crippen LogP contribution in [0, 0.1) is 10.1 Å². The molecule has 1 atom stereocenters. The molecule has 0 aliphatic rings. The van der Waals surface area contributed by atoms with Crippen LogP contribution < -0.4 is 0 Å². The van der Waals surface area contributed by atoms with E-state index in [1.807, 2.05) is 0 Å². The van der Waals surface area contributed by atoms with Crippen LogP contribution in [0.3, 0.4) is 0 Å². The Kier molecular flexibility index (Phi) is 4.75. The van der Waals surface area contributed by atoms with E-state index in [0.29, 0.717) is 20.6 Å². The summed E-state index contributed by atoms with van der Waals surface area (Å²) in [6.45, 7) is 0. The highest BCUT2D eigenvalue weighted by Crippen LogP contribution is 2.29. The van der Waals surface area contributed by atoms with E-state index >= 15 is 0 Å². The molecule has 6 heteroatoms. The maximum atomic E-state index is 10.9. The number of hydrogen-bond donors (Lipinski definition) is 1. The molecule has 2 aromatic rings. The first-order valence-corrected chi connectivity index (χ1v) is 7.01. The lowest BCUT2D eigenvalue weighted by Crippen LogP contribution is -2.04. The Morgan fingerprint density at radius 1 is 1.30 bits per heavy atom. The predicted octanol–water partition coefficient (Wildman–Crippen LogP) is 4.29. The molecule has 0 amide bonds. The summed E-state index contributed by atoms with van der Waals surface area (Å²) >= 11 is 9.18. The Morgan fingerprint density at radius 3 is 2.65 bits per heavy atom. The fourth-order valence-electron chi connectivity index (χ4n) is 1.91. The molecule has 0 radical (unpaired) electrons. The summed E-state index contributed by atoms with van der Waals surface area (Å²) in [5, 5.41) is 21.7. The number of aliphatic hydroxyl groups is 1. The molecule has 0 saturated carbocycles. The summed E-state index contributed by atoms with van der Waals surface area (Å²) in [5.74, 6) is 0. The zero-order valence-corrected chi connectivity index (χ0v) is 12.6. The first-order valence-electron chi connectivity index (χ1n) is 5.84. The van der Waals surface area contributed by atoms with Crippen LogP contribution in [0.2, 0.25) is 5.02 Å². The van der Waals surface area contributed by atoms with Crippen molar-refractivity contribution in [2.75, 3.05) is 0 Å². The summed E-state index contributed by atoms with van der Waals surface area (Å²) in [7, 11) is 0. The van der Waals surface area contributed by atoms with Gasteiger partial charge in [-0.05, 0) is 33.6 Å². The number of benzene rings is 2. The third kappa shape index (κ3) is 3.36. The fourth-order valence-corrected chi connectivity index (χ4v) is 2.42. The average Bonchev–Trinajstić information content (AvgIpc) is 2.42. The van der Waals surface area contributed by atoms with Crippen molar-refractivity contribution in [3.63, 3.8) is 0 Å². The van der Waals surface area contributed by atoms with Crippen molar-refractivity contribution in [3.8, 4) is 0 Å². The molecule has 2 rings (SSSR count). The van der Waals surface area contributed by atoms with Gasteiger partial charge in [-0.25, -0.2) is 0 Å². The maximum absolute atomic E-state index is 10.9. The second-order valence-corrected chi connectivity index (χ2v) is 5.54. The van der Waals surface area contributed by atoms with Gasteiger partial charge in [-0.2, -0.15) is 0 Å². The van der Waals surface area contributed by atoms with Crippen LogP contribution in [0.4, 0.5) is 5.69 Å². The highest BCUT2D eigenvalue weighted by atomic mass is 79.9. The Labute approximate surface area is 129 Å². The molecule has 0 aliphatic carbocycles. The van der Waals surface area contributed by atoms with Crippen molar-refractivity contribution in [1.82, 2.24) is 0 Å². The van der Waals surface area contributed by atoms with Crippen LogP contribution in [0.25, 0.3) is 0 Å². The van der Waals surface area contributed by atoms with Gasteiger partial charge in [0.15, 0.2) is 0 Å². The molecule has 1 unspecified atom stereocenters. The van der Waals surface area contributed by atoms with Crippen molar-refractivity contribution < 1.29 is 10.0 Å². The molecule has 0 spiro atoms. The van der Waals surface area contributed by atoms with Crippen LogP contribution in [-0.4, -0.2) is 10.0 Å². The van der Waals surface area contributed by atoms with Gasteiger partial charge in [0, 0.05) is 22.5 Å². The Morgan fingerprint density at radius 2 is 2.00 bits per heavy atom. The third-order valence-corrected chi connectivity index (χ3v) is 4.14. The standard InChI is InChI=1S/C14H11BrClNO3/c15-11-7-10(5-6-12(11)16)14(18)8-9-3-1-2-4-13(9)17(19)20/h1-7,14,18H,8H2. The average molecular weight is 357 g/mol. The van der Waals surface area contributed by atoms with Gasteiger partial charge in [-0.3, -0.25) is 10.1 Å². The van der Waals surface area contributed by atoms with Crippen molar-refractivity contribution in [1.29, 1.82) is 0 Å². The molecule has 2 aromatic carbocycles. The molecule has 0 aromatic heterocycles. The van der Waals surface area contributed by atoms with Gasteiger partial charge in [0.2, 0.25) is 0 Å². The minimum atomic E-state index is -0.829. The normalized spacial score (nSPS) is 12.2. The van der Waals surface area contributed by atoms with Crippen LogP contribution in [0.5, 0.6) is 0 Å². The number of hydrogen-bond acceptors (Lipinski definition) is 3. The molecule has 0 saturated heterocycles. The number of nitro groups is 1. The minimum absolute atomic E-state index is 0.0135. The number of nitro benzene ring substituents is 1. The molecular formula is C14H11BrClNO3. The van der Waals surface area contributed by atoms with E-state index in [2.05, 4.69) is 15.9 Å². The molecule has 1 N–H and O–H groups in total. The summed E-state index contributed by atoms with van der Waals surface area (Å²) in [6.07, 6.45) is -0.657. The van der Waals surface area contributed by atoms with Gasteiger partial charge in [-0.1, -0.05) is 35.9 Å². The van der Waals surface area contributed by atoms with E-state index in [1.54, 1.807) is 36.4 Å². The predicted molar refractivity (Wildman–Crippen MR) is 80.9 cm³/mol. The lowest BCUT2D eigenvalue weighted by Gasteiger charge is -2.12. The Bertz CT molecular complexity index is 648. The first-order chi connectivity index (χ1) is 9.49. The van der Waals surface area contributed by atoms with E-state index in [0.717, 1.165) is 0 Å². The van der Waals surface area contributed by atoms with Gasteiger partial charge in [0.25, 0.3) is 5.69 Å². The quantitative estimate of drug-likeness (QED) is 0.656. The molecular weight excluding hydrogens is 346 g/mol. The van der Waals surface area contributed by atoms with Crippen LogP contribution in [0.1, 0.15) is 17.2 Å². The summed E-state index contributed by atoms with van der Waals surface area (Å²) in [6, 6.07) is 11.5. The van der Waals surface area contributed by atoms with Crippen molar-refractivity contribution >= 4 is 33.2 Å².